The van der Waals surface area contributed by atoms with E-state index in [2.05, 4.69) is 6.92 Å². The van der Waals surface area contributed by atoms with Crippen molar-refractivity contribution in [3.63, 3.8) is 0 Å². The van der Waals surface area contributed by atoms with Gasteiger partial charge in [-0.3, -0.25) is 9.80 Å². The van der Waals surface area contributed by atoms with Crippen molar-refractivity contribution in [3.8, 4) is 17.2 Å². The van der Waals surface area contributed by atoms with Crippen LogP contribution in [-0.4, -0.2) is 62.6 Å². The summed E-state index contributed by atoms with van der Waals surface area (Å²) in [6.07, 6.45) is 3.60. The van der Waals surface area contributed by atoms with Crippen LogP contribution in [0.4, 0.5) is 21.0 Å². The SMILES string of the molecule is CCCCCOc1cc(N2CCCN(Cc3cccc4c3OCCN4C(=O)OC(C)(C)C)C2=O)ccc1OC. The van der Waals surface area contributed by atoms with Crippen molar-refractivity contribution in [2.24, 2.45) is 0 Å². The van der Waals surface area contributed by atoms with Gasteiger partial charge in [-0.05, 0) is 51.8 Å². The molecule has 3 amide bonds. The van der Waals surface area contributed by atoms with Crippen LogP contribution in [0.2, 0.25) is 0 Å². The molecule has 4 rings (SSSR count). The molecular weight excluding hydrogens is 498 g/mol. The normalized spacial score (nSPS) is 15.5. The van der Waals surface area contributed by atoms with Crippen LogP contribution >= 0.6 is 0 Å². The number of methoxy groups -OCH3 is 1. The third-order valence-corrected chi connectivity index (χ3v) is 6.68. The summed E-state index contributed by atoms with van der Waals surface area (Å²) in [6, 6.07) is 11.2. The van der Waals surface area contributed by atoms with Gasteiger partial charge in [0.1, 0.15) is 18.0 Å². The van der Waals surface area contributed by atoms with Crippen LogP contribution in [0.3, 0.4) is 0 Å². The number of anilines is 2. The van der Waals surface area contributed by atoms with E-state index in [1.165, 1.54) is 0 Å². The van der Waals surface area contributed by atoms with Crippen LogP contribution in [0, 0.1) is 0 Å². The van der Waals surface area contributed by atoms with Gasteiger partial charge in [0.15, 0.2) is 11.5 Å². The van der Waals surface area contributed by atoms with Crippen molar-refractivity contribution in [2.75, 3.05) is 49.8 Å². The number of unbranched alkanes of at least 4 members (excludes halogenated alkanes) is 2. The van der Waals surface area contributed by atoms with Gasteiger partial charge in [-0.25, -0.2) is 9.59 Å². The number of hydrogen-bond acceptors (Lipinski definition) is 6. The zero-order valence-electron chi connectivity index (χ0n) is 23.8. The van der Waals surface area contributed by atoms with Crippen molar-refractivity contribution in [1.82, 2.24) is 4.90 Å². The predicted molar refractivity (Wildman–Crippen MR) is 151 cm³/mol. The largest absolute Gasteiger partial charge is 0.493 e. The lowest BCUT2D eigenvalue weighted by Crippen LogP contribution is -2.49. The quantitative estimate of drug-likeness (QED) is 0.352. The fourth-order valence-electron chi connectivity index (χ4n) is 4.79. The lowest BCUT2D eigenvalue weighted by atomic mass is 10.1. The zero-order valence-corrected chi connectivity index (χ0v) is 23.8. The van der Waals surface area contributed by atoms with Crippen molar-refractivity contribution in [3.05, 3.63) is 42.0 Å². The topological polar surface area (TPSA) is 80.8 Å². The highest BCUT2D eigenvalue weighted by Gasteiger charge is 2.32. The van der Waals surface area contributed by atoms with E-state index in [0.717, 1.165) is 36.9 Å². The standard InChI is InChI=1S/C30H41N3O6/c1-6-7-8-18-37-26-20-23(13-14-25(26)36-5)32-16-10-15-31(28(32)34)21-22-11-9-12-24-27(22)38-19-17-33(24)29(35)39-30(2,3)4/h9,11-14,20H,6-8,10,15-19,21H2,1-5H3. The Morgan fingerprint density at radius 3 is 2.62 bits per heavy atom. The van der Waals surface area contributed by atoms with E-state index in [0.29, 0.717) is 62.3 Å². The van der Waals surface area contributed by atoms with Crippen LogP contribution < -0.4 is 24.0 Å². The number of carbonyl (C=O) groups is 2. The average Bonchev–Trinajstić information content (AvgIpc) is 2.91. The summed E-state index contributed by atoms with van der Waals surface area (Å²) in [6.45, 7) is 10.7. The molecule has 0 aromatic heterocycles. The van der Waals surface area contributed by atoms with Gasteiger partial charge in [-0.1, -0.05) is 31.9 Å². The van der Waals surface area contributed by atoms with Gasteiger partial charge in [0, 0.05) is 30.4 Å². The highest BCUT2D eigenvalue weighted by Crippen LogP contribution is 2.38. The second-order valence-corrected chi connectivity index (χ2v) is 10.8. The van der Waals surface area contributed by atoms with Gasteiger partial charge in [0.05, 0.1) is 32.5 Å². The first-order valence-corrected chi connectivity index (χ1v) is 13.8. The van der Waals surface area contributed by atoms with Crippen LogP contribution in [0.1, 0.15) is 58.9 Å². The first-order valence-electron chi connectivity index (χ1n) is 13.8. The lowest BCUT2D eigenvalue weighted by Gasteiger charge is -2.37. The predicted octanol–water partition coefficient (Wildman–Crippen LogP) is 6.23. The van der Waals surface area contributed by atoms with Crippen LogP contribution in [0.25, 0.3) is 0 Å². The summed E-state index contributed by atoms with van der Waals surface area (Å²) in [4.78, 5) is 31.7. The minimum Gasteiger partial charge on any atom is -0.493 e. The molecule has 2 aliphatic heterocycles. The lowest BCUT2D eigenvalue weighted by molar-refractivity contribution is 0.0567. The molecule has 2 aromatic carbocycles. The van der Waals surface area contributed by atoms with Gasteiger partial charge < -0.3 is 23.8 Å². The molecule has 39 heavy (non-hydrogen) atoms. The maximum Gasteiger partial charge on any atom is 0.415 e. The minimum atomic E-state index is -0.599. The number of carbonyl (C=O) groups excluding carboxylic acids is 2. The Bertz CT molecular complexity index is 1160. The molecule has 0 atom stereocenters. The highest BCUT2D eigenvalue weighted by molar-refractivity contribution is 5.93. The fourth-order valence-corrected chi connectivity index (χ4v) is 4.79. The number of para-hydroxylation sites is 1. The zero-order chi connectivity index (χ0) is 28.0. The Morgan fingerprint density at radius 2 is 1.87 bits per heavy atom. The molecule has 9 heteroatoms. The molecule has 2 aromatic rings. The van der Waals surface area contributed by atoms with Crippen molar-refractivity contribution in [1.29, 1.82) is 0 Å². The maximum atomic E-state index is 13.6. The Morgan fingerprint density at radius 1 is 1.05 bits per heavy atom. The van der Waals surface area contributed by atoms with E-state index in [-0.39, 0.29) is 6.03 Å². The second kappa shape index (κ2) is 12.5. The number of nitrogens with zero attached hydrogens (tertiary/aromatic N) is 3. The van der Waals surface area contributed by atoms with Crippen molar-refractivity contribution >= 4 is 23.5 Å². The van der Waals surface area contributed by atoms with E-state index >= 15 is 0 Å². The number of amides is 3. The van der Waals surface area contributed by atoms with E-state index in [1.807, 2.05) is 62.1 Å². The van der Waals surface area contributed by atoms with E-state index in [9.17, 15) is 9.59 Å². The third kappa shape index (κ3) is 6.88. The van der Waals surface area contributed by atoms with Gasteiger partial charge >= 0.3 is 12.1 Å². The van der Waals surface area contributed by atoms with Crippen LogP contribution in [-0.2, 0) is 11.3 Å². The smallest absolute Gasteiger partial charge is 0.415 e. The summed E-state index contributed by atoms with van der Waals surface area (Å²) in [7, 11) is 1.62. The van der Waals surface area contributed by atoms with Crippen LogP contribution in [0.5, 0.6) is 17.2 Å². The minimum absolute atomic E-state index is 0.0826. The number of rotatable bonds is 9. The summed E-state index contributed by atoms with van der Waals surface area (Å²) in [5.41, 5.74) is 1.69. The number of ether oxygens (including phenoxy) is 4. The Labute approximate surface area is 231 Å². The van der Waals surface area contributed by atoms with Crippen molar-refractivity contribution in [2.45, 2.75) is 65.5 Å². The third-order valence-electron chi connectivity index (χ3n) is 6.68. The maximum absolute atomic E-state index is 13.6. The monoisotopic (exact) mass is 539 g/mol. The number of urea groups is 1. The second-order valence-electron chi connectivity index (χ2n) is 10.8. The molecule has 0 bridgehead atoms. The molecule has 0 spiro atoms. The molecule has 2 aliphatic rings. The summed E-state index contributed by atoms with van der Waals surface area (Å²) < 4.78 is 23.1. The number of fused-ring (bicyclic) bond motifs is 1. The Kier molecular flexibility index (Phi) is 9.09. The summed E-state index contributed by atoms with van der Waals surface area (Å²) in [5, 5.41) is 0. The van der Waals surface area contributed by atoms with Gasteiger partial charge in [0.25, 0.3) is 0 Å². The van der Waals surface area contributed by atoms with E-state index in [4.69, 9.17) is 18.9 Å². The molecule has 0 unspecified atom stereocenters. The molecule has 1 fully saturated rings. The van der Waals surface area contributed by atoms with Gasteiger partial charge in [-0.2, -0.15) is 0 Å². The first kappa shape index (κ1) is 28.4. The first-order chi connectivity index (χ1) is 18.7. The molecule has 1 saturated heterocycles. The summed E-state index contributed by atoms with van der Waals surface area (Å²) >= 11 is 0. The molecule has 0 N–H and O–H groups in total. The molecular formula is C30H41N3O6. The van der Waals surface area contributed by atoms with Gasteiger partial charge in [-0.15, -0.1) is 0 Å². The van der Waals surface area contributed by atoms with E-state index < -0.39 is 11.7 Å². The Hall–Kier alpha value is -3.62. The molecule has 212 valence electrons. The Balaban J connectivity index is 1.51. The number of benzene rings is 2. The van der Waals surface area contributed by atoms with E-state index in [1.54, 1.807) is 16.9 Å². The molecule has 0 radical (unpaired) electrons. The van der Waals surface area contributed by atoms with Gasteiger partial charge in [0.2, 0.25) is 0 Å². The molecule has 0 saturated carbocycles. The molecule has 2 heterocycles. The average molecular weight is 540 g/mol. The van der Waals surface area contributed by atoms with Crippen molar-refractivity contribution < 1.29 is 28.5 Å². The fraction of sp³-hybridized carbons (Fsp3) is 0.533. The number of hydrogen-bond donors (Lipinski definition) is 0. The molecule has 0 aliphatic carbocycles. The van der Waals surface area contributed by atoms with Crippen LogP contribution in [0.15, 0.2) is 36.4 Å². The highest BCUT2D eigenvalue weighted by atomic mass is 16.6. The summed E-state index contributed by atoms with van der Waals surface area (Å²) in [5.74, 6) is 1.91. The molecule has 9 nitrogen and oxygen atoms in total.